The maximum atomic E-state index is 12.5. The van der Waals surface area contributed by atoms with E-state index in [0.717, 1.165) is 41.5 Å². The van der Waals surface area contributed by atoms with Gasteiger partial charge in [-0.05, 0) is 45.2 Å². The van der Waals surface area contributed by atoms with Crippen LogP contribution in [0.4, 0.5) is 0 Å². The zero-order chi connectivity index (χ0) is 18.3. The number of fused-ring (bicyclic) bond motifs is 3. The number of piperidine rings is 1. The van der Waals surface area contributed by atoms with E-state index < -0.39 is 0 Å². The third kappa shape index (κ3) is 3.05. The number of aromatic nitrogens is 4. The average molecular weight is 369 g/mol. The van der Waals surface area contributed by atoms with Gasteiger partial charge in [0, 0.05) is 25.0 Å². The van der Waals surface area contributed by atoms with Gasteiger partial charge in [-0.2, -0.15) is 0 Å². The number of hydrogen-bond donors (Lipinski definition) is 0. The molecule has 2 aromatic heterocycles. The average Bonchev–Trinajstić information content (AvgIpc) is 2.91. The van der Waals surface area contributed by atoms with E-state index in [1.165, 1.54) is 23.7 Å². The molecular weight excluding hydrogens is 346 g/mol. The third-order valence-electron chi connectivity index (χ3n) is 5.18. The second-order valence-electron chi connectivity index (χ2n) is 7.07. The lowest BCUT2D eigenvalue weighted by molar-refractivity contribution is -0.131. The quantitative estimate of drug-likeness (QED) is 0.663. The van der Waals surface area contributed by atoms with Crippen molar-refractivity contribution in [3.8, 4) is 0 Å². The Morgan fingerprint density at radius 3 is 2.96 bits per heavy atom. The zero-order valence-corrected chi connectivity index (χ0v) is 16.2. The minimum absolute atomic E-state index is 0.165. The number of amides is 1. The van der Waals surface area contributed by atoms with E-state index in [9.17, 15) is 4.79 Å². The molecule has 0 bridgehead atoms. The molecule has 0 radical (unpaired) electrons. The Labute approximate surface area is 157 Å². The number of thioether (sulfide) groups is 1. The van der Waals surface area contributed by atoms with Crippen molar-refractivity contribution in [3.63, 3.8) is 0 Å². The van der Waals surface area contributed by atoms with Gasteiger partial charge in [0.1, 0.15) is 5.52 Å². The number of carbonyl (C=O) groups is 1. The summed E-state index contributed by atoms with van der Waals surface area (Å²) >= 11 is 1.37. The fourth-order valence-corrected chi connectivity index (χ4v) is 4.36. The lowest BCUT2D eigenvalue weighted by atomic mass is 10.0. The van der Waals surface area contributed by atoms with Crippen molar-refractivity contribution >= 4 is 39.7 Å². The summed E-state index contributed by atoms with van der Waals surface area (Å²) in [5.41, 5.74) is 3.90. The van der Waals surface area contributed by atoms with E-state index >= 15 is 0 Å². The van der Waals surface area contributed by atoms with Gasteiger partial charge < -0.3 is 9.47 Å². The summed E-state index contributed by atoms with van der Waals surface area (Å²) in [4.78, 5) is 19.2. The largest absolute Gasteiger partial charge is 0.339 e. The smallest absolute Gasteiger partial charge is 0.233 e. The first kappa shape index (κ1) is 17.3. The molecule has 1 aliphatic rings. The normalized spacial score (nSPS) is 18.0. The number of rotatable bonds is 3. The maximum Gasteiger partial charge on any atom is 0.233 e. The predicted octanol–water partition coefficient (Wildman–Crippen LogP) is 3.32. The summed E-state index contributed by atoms with van der Waals surface area (Å²) in [6.07, 6.45) is 3.40. The van der Waals surface area contributed by atoms with Crippen molar-refractivity contribution in [1.29, 1.82) is 0 Å². The van der Waals surface area contributed by atoms with Crippen LogP contribution in [0.25, 0.3) is 22.1 Å². The molecule has 1 aromatic carbocycles. The molecule has 1 amide bonds. The predicted molar refractivity (Wildman–Crippen MR) is 104 cm³/mol. The van der Waals surface area contributed by atoms with Crippen LogP contribution in [0.2, 0.25) is 0 Å². The van der Waals surface area contributed by atoms with Gasteiger partial charge in [0.15, 0.2) is 5.65 Å². The molecule has 3 heterocycles. The van der Waals surface area contributed by atoms with Gasteiger partial charge in [-0.25, -0.2) is 4.98 Å². The SMILES string of the molecule is Cc1ccc2c(c1)c1nnc(SCC(=O)N3CCCCC3C)nc1n2C. The molecule has 1 atom stereocenters. The number of carbonyl (C=O) groups excluding carboxylic acids is 1. The highest BCUT2D eigenvalue weighted by Gasteiger charge is 2.23. The Hall–Kier alpha value is -2.15. The monoisotopic (exact) mass is 369 g/mol. The summed E-state index contributed by atoms with van der Waals surface area (Å²) in [6.45, 7) is 5.06. The summed E-state index contributed by atoms with van der Waals surface area (Å²) in [5, 5.41) is 10.3. The standard InChI is InChI=1S/C19H23N5OS/c1-12-7-8-15-14(10-12)17-18(23(15)3)20-19(22-21-17)26-11-16(25)24-9-5-4-6-13(24)2/h7-8,10,13H,4-6,9,11H2,1-3H3. The summed E-state index contributed by atoms with van der Waals surface area (Å²) < 4.78 is 2.04. The first-order valence-corrected chi connectivity index (χ1v) is 10.0. The van der Waals surface area contributed by atoms with Crippen LogP contribution in [0, 0.1) is 6.92 Å². The topological polar surface area (TPSA) is 63.9 Å². The van der Waals surface area contributed by atoms with Crippen molar-refractivity contribution in [1.82, 2.24) is 24.6 Å². The van der Waals surface area contributed by atoms with Crippen LogP contribution in [0.15, 0.2) is 23.4 Å². The molecule has 3 aromatic rings. The number of likely N-dealkylation sites (tertiary alicyclic amines) is 1. The number of nitrogens with zero attached hydrogens (tertiary/aromatic N) is 5. The highest BCUT2D eigenvalue weighted by Crippen LogP contribution is 2.27. The van der Waals surface area contributed by atoms with Crippen LogP contribution < -0.4 is 0 Å². The molecule has 1 aliphatic heterocycles. The molecule has 0 N–H and O–H groups in total. The van der Waals surface area contributed by atoms with Gasteiger partial charge in [-0.1, -0.05) is 23.4 Å². The number of benzene rings is 1. The Morgan fingerprint density at radius 1 is 1.31 bits per heavy atom. The first-order chi connectivity index (χ1) is 12.5. The molecule has 7 heteroatoms. The first-order valence-electron chi connectivity index (χ1n) is 9.06. The van der Waals surface area contributed by atoms with Crippen LogP contribution in [-0.2, 0) is 11.8 Å². The molecule has 1 unspecified atom stereocenters. The van der Waals surface area contributed by atoms with Gasteiger partial charge >= 0.3 is 0 Å². The second kappa shape index (κ2) is 6.87. The van der Waals surface area contributed by atoms with Crippen LogP contribution in [0.5, 0.6) is 0 Å². The minimum atomic E-state index is 0.165. The molecule has 4 rings (SSSR count). The van der Waals surface area contributed by atoms with Crippen molar-refractivity contribution in [2.24, 2.45) is 7.05 Å². The lowest BCUT2D eigenvalue weighted by Gasteiger charge is -2.33. The van der Waals surface area contributed by atoms with Crippen molar-refractivity contribution in [2.45, 2.75) is 44.3 Å². The lowest BCUT2D eigenvalue weighted by Crippen LogP contribution is -2.42. The van der Waals surface area contributed by atoms with E-state index in [2.05, 4.69) is 47.2 Å². The van der Waals surface area contributed by atoms with E-state index in [0.29, 0.717) is 17.0 Å². The van der Waals surface area contributed by atoms with Gasteiger partial charge in [-0.3, -0.25) is 4.79 Å². The van der Waals surface area contributed by atoms with E-state index in [1.807, 2.05) is 16.5 Å². The second-order valence-corrected chi connectivity index (χ2v) is 8.01. The van der Waals surface area contributed by atoms with Crippen molar-refractivity contribution < 1.29 is 4.79 Å². The van der Waals surface area contributed by atoms with Crippen LogP contribution in [0.3, 0.4) is 0 Å². The molecule has 6 nitrogen and oxygen atoms in total. The molecular formula is C19H23N5OS. The van der Waals surface area contributed by atoms with Gasteiger partial charge in [0.05, 0.1) is 11.3 Å². The molecule has 0 spiro atoms. The van der Waals surface area contributed by atoms with Crippen LogP contribution >= 0.6 is 11.8 Å². The fraction of sp³-hybridized carbons (Fsp3) is 0.474. The summed E-state index contributed by atoms with van der Waals surface area (Å²) in [7, 11) is 1.99. The summed E-state index contributed by atoms with van der Waals surface area (Å²) in [5.74, 6) is 0.527. The molecule has 0 aliphatic carbocycles. The highest BCUT2D eigenvalue weighted by molar-refractivity contribution is 7.99. The zero-order valence-electron chi connectivity index (χ0n) is 15.4. The Bertz CT molecular complexity index is 983. The van der Waals surface area contributed by atoms with Crippen molar-refractivity contribution in [2.75, 3.05) is 12.3 Å². The number of hydrogen-bond acceptors (Lipinski definition) is 5. The van der Waals surface area contributed by atoms with Crippen molar-refractivity contribution in [3.05, 3.63) is 23.8 Å². The number of aryl methyl sites for hydroxylation is 2. The van der Waals surface area contributed by atoms with Crippen LogP contribution in [0.1, 0.15) is 31.7 Å². The Morgan fingerprint density at radius 2 is 2.15 bits per heavy atom. The van der Waals surface area contributed by atoms with Crippen LogP contribution in [-0.4, -0.2) is 48.9 Å². The van der Waals surface area contributed by atoms with E-state index in [4.69, 9.17) is 0 Å². The van der Waals surface area contributed by atoms with E-state index in [1.54, 1.807) is 0 Å². The third-order valence-corrected chi connectivity index (χ3v) is 6.01. The van der Waals surface area contributed by atoms with E-state index in [-0.39, 0.29) is 5.91 Å². The Balaban J connectivity index is 1.57. The molecule has 26 heavy (non-hydrogen) atoms. The molecule has 1 fully saturated rings. The fourth-order valence-electron chi connectivity index (χ4n) is 3.70. The molecule has 136 valence electrons. The Kier molecular flexibility index (Phi) is 4.56. The summed E-state index contributed by atoms with van der Waals surface area (Å²) in [6, 6.07) is 6.62. The van der Waals surface area contributed by atoms with Gasteiger partial charge in [0.2, 0.25) is 11.1 Å². The maximum absolute atomic E-state index is 12.5. The van der Waals surface area contributed by atoms with Gasteiger partial charge in [-0.15, -0.1) is 10.2 Å². The van der Waals surface area contributed by atoms with Gasteiger partial charge in [0.25, 0.3) is 0 Å². The highest BCUT2D eigenvalue weighted by atomic mass is 32.2. The molecule has 1 saturated heterocycles. The molecule has 0 saturated carbocycles. The minimum Gasteiger partial charge on any atom is -0.339 e.